The number of carbonyl (C=O) groups excluding carboxylic acids is 1. The van der Waals surface area contributed by atoms with Crippen LogP contribution in [0.4, 0.5) is 0 Å². The Bertz CT molecular complexity index is 710. The zero-order valence-electron chi connectivity index (χ0n) is 14.5. The first-order chi connectivity index (χ1) is 12.2. The number of nitrogens with one attached hydrogen (secondary N) is 1. The van der Waals surface area contributed by atoms with Gasteiger partial charge in [-0.15, -0.1) is 0 Å². The smallest absolute Gasteiger partial charge is 0.223 e. The van der Waals surface area contributed by atoms with Gasteiger partial charge in [0.2, 0.25) is 5.91 Å². The van der Waals surface area contributed by atoms with E-state index in [4.69, 9.17) is 16.0 Å². The van der Waals surface area contributed by atoms with Crippen LogP contribution in [-0.2, 0) is 11.2 Å². The van der Waals surface area contributed by atoms with E-state index in [0.29, 0.717) is 35.6 Å². The topological polar surface area (TPSA) is 58.4 Å². The lowest BCUT2D eigenvalue weighted by molar-refractivity contribution is -0.133. The van der Waals surface area contributed by atoms with Crippen molar-refractivity contribution in [1.29, 1.82) is 0 Å². The average Bonchev–Trinajstić information content (AvgIpc) is 3.30. The van der Waals surface area contributed by atoms with Crippen LogP contribution in [-0.4, -0.2) is 41.5 Å². The van der Waals surface area contributed by atoms with Gasteiger partial charge < -0.3 is 14.6 Å². The monoisotopic (exact) mass is 361 g/mol. The van der Waals surface area contributed by atoms with Crippen LogP contribution in [0.2, 0.25) is 5.02 Å². The Morgan fingerprint density at radius 3 is 3.00 bits per heavy atom. The Balaban J connectivity index is 1.61. The zero-order valence-corrected chi connectivity index (χ0v) is 15.3. The van der Waals surface area contributed by atoms with Gasteiger partial charge in [-0.1, -0.05) is 30.7 Å². The molecule has 2 aromatic rings. The lowest BCUT2D eigenvalue weighted by atomic mass is 10.1. The molecule has 1 unspecified atom stereocenters. The van der Waals surface area contributed by atoms with Gasteiger partial charge in [-0.05, 0) is 31.5 Å². The van der Waals surface area contributed by atoms with Crippen molar-refractivity contribution >= 4 is 17.5 Å². The highest BCUT2D eigenvalue weighted by atomic mass is 35.5. The van der Waals surface area contributed by atoms with Crippen molar-refractivity contribution < 1.29 is 9.21 Å². The maximum absolute atomic E-state index is 12.6. The summed E-state index contributed by atoms with van der Waals surface area (Å²) in [6.07, 6.45) is 4.59. The Kier molecular flexibility index (Phi) is 6.10. The van der Waals surface area contributed by atoms with Gasteiger partial charge >= 0.3 is 0 Å². The molecule has 1 atom stereocenters. The van der Waals surface area contributed by atoms with Gasteiger partial charge in [-0.3, -0.25) is 4.79 Å². The molecular formula is C19H24ClN3O2. The zero-order chi connectivity index (χ0) is 17.6. The minimum atomic E-state index is 0.174. The van der Waals surface area contributed by atoms with E-state index in [2.05, 4.69) is 17.2 Å². The van der Waals surface area contributed by atoms with Gasteiger partial charge in [0, 0.05) is 37.5 Å². The fourth-order valence-electron chi connectivity index (χ4n) is 3.23. The number of halogens is 1. The van der Waals surface area contributed by atoms with Crippen molar-refractivity contribution in [3.63, 3.8) is 0 Å². The van der Waals surface area contributed by atoms with Crippen LogP contribution in [0, 0.1) is 0 Å². The molecule has 5 nitrogen and oxygen atoms in total. The summed E-state index contributed by atoms with van der Waals surface area (Å²) < 4.78 is 5.79. The molecule has 0 aliphatic carbocycles. The first-order valence-corrected chi connectivity index (χ1v) is 9.26. The number of hydrogen-bond donors (Lipinski definition) is 1. The summed E-state index contributed by atoms with van der Waals surface area (Å²) in [4.78, 5) is 18.9. The summed E-state index contributed by atoms with van der Waals surface area (Å²) in [7, 11) is 0. The van der Waals surface area contributed by atoms with Crippen molar-refractivity contribution in [2.24, 2.45) is 0 Å². The van der Waals surface area contributed by atoms with E-state index in [1.54, 1.807) is 6.20 Å². The molecule has 2 heterocycles. The molecule has 0 saturated carbocycles. The lowest BCUT2D eigenvalue weighted by Crippen LogP contribution is -2.42. The predicted octanol–water partition coefficient (Wildman–Crippen LogP) is 3.53. The summed E-state index contributed by atoms with van der Waals surface area (Å²) in [5.74, 6) is 1.38. The summed E-state index contributed by atoms with van der Waals surface area (Å²) in [6.45, 7) is 4.79. The van der Waals surface area contributed by atoms with Gasteiger partial charge in [0.15, 0.2) is 11.7 Å². The molecule has 1 aromatic heterocycles. The van der Waals surface area contributed by atoms with Crippen molar-refractivity contribution in [2.45, 2.75) is 38.6 Å². The molecule has 1 aromatic carbocycles. The second kappa shape index (κ2) is 8.50. The quantitative estimate of drug-likeness (QED) is 0.819. The van der Waals surface area contributed by atoms with E-state index < -0.39 is 0 Å². The maximum Gasteiger partial charge on any atom is 0.223 e. The molecule has 3 rings (SSSR count). The average molecular weight is 362 g/mol. The molecule has 1 fully saturated rings. The molecule has 1 amide bonds. The highest BCUT2D eigenvalue weighted by Crippen LogP contribution is 2.28. The van der Waals surface area contributed by atoms with Crippen LogP contribution in [0.1, 0.15) is 32.1 Å². The second-order valence-electron chi connectivity index (χ2n) is 6.33. The Hall–Kier alpha value is -1.85. The molecule has 0 bridgehead atoms. The van der Waals surface area contributed by atoms with Crippen LogP contribution < -0.4 is 5.32 Å². The molecule has 134 valence electrons. The van der Waals surface area contributed by atoms with Crippen LogP contribution in [0.3, 0.4) is 0 Å². The first kappa shape index (κ1) is 18.0. The van der Waals surface area contributed by atoms with Gasteiger partial charge in [-0.25, -0.2) is 4.98 Å². The molecule has 6 heteroatoms. The van der Waals surface area contributed by atoms with Crippen LogP contribution in [0.5, 0.6) is 0 Å². The van der Waals surface area contributed by atoms with Gasteiger partial charge in [0.05, 0.1) is 11.2 Å². The first-order valence-electron chi connectivity index (χ1n) is 8.89. The highest BCUT2D eigenvalue weighted by molar-refractivity contribution is 6.33. The van der Waals surface area contributed by atoms with Gasteiger partial charge in [0.25, 0.3) is 0 Å². The number of aryl methyl sites for hydroxylation is 1. The molecule has 1 aliphatic rings. The van der Waals surface area contributed by atoms with E-state index in [-0.39, 0.29) is 5.91 Å². The fraction of sp³-hybridized carbons (Fsp3) is 0.474. The van der Waals surface area contributed by atoms with E-state index >= 15 is 0 Å². The number of carbonyl (C=O) groups is 1. The summed E-state index contributed by atoms with van der Waals surface area (Å²) in [6, 6.07) is 7.82. The maximum atomic E-state index is 12.6. The number of nitrogens with zero attached hydrogens (tertiary/aromatic N) is 2. The van der Waals surface area contributed by atoms with E-state index in [9.17, 15) is 4.79 Å². The number of hydrogen-bond acceptors (Lipinski definition) is 4. The SMILES string of the molecule is CCCN(C(=O)CCc1ncc(-c2ccccc2Cl)o1)C1CCNC1. The number of aromatic nitrogens is 1. The molecule has 0 radical (unpaired) electrons. The highest BCUT2D eigenvalue weighted by Gasteiger charge is 2.25. The largest absolute Gasteiger partial charge is 0.441 e. The molecule has 1 aliphatic heterocycles. The minimum Gasteiger partial charge on any atom is -0.441 e. The normalized spacial score (nSPS) is 17.0. The third kappa shape index (κ3) is 4.41. The minimum absolute atomic E-state index is 0.174. The summed E-state index contributed by atoms with van der Waals surface area (Å²) in [5, 5.41) is 3.96. The Morgan fingerprint density at radius 1 is 1.44 bits per heavy atom. The molecule has 1 N–H and O–H groups in total. The molecule has 1 saturated heterocycles. The lowest BCUT2D eigenvalue weighted by Gasteiger charge is -2.28. The third-order valence-corrected chi connectivity index (χ3v) is 4.84. The van der Waals surface area contributed by atoms with E-state index in [1.807, 2.05) is 29.2 Å². The number of benzene rings is 1. The number of rotatable bonds is 7. The summed E-state index contributed by atoms with van der Waals surface area (Å²) in [5.41, 5.74) is 0.818. The van der Waals surface area contributed by atoms with Crippen LogP contribution in [0.25, 0.3) is 11.3 Å². The third-order valence-electron chi connectivity index (χ3n) is 4.51. The second-order valence-corrected chi connectivity index (χ2v) is 6.74. The van der Waals surface area contributed by atoms with Crippen molar-refractivity contribution in [1.82, 2.24) is 15.2 Å². The van der Waals surface area contributed by atoms with E-state index in [1.165, 1.54) is 0 Å². The van der Waals surface area contributed by atoms with Crippen LogP contribution in [0.15, 0.2) is 34.9 Å². The number of amides is 1. The predicted molar refractivity (Wildman–Crippen MR) is 98.5 cm³/mol. The summed E-state index contributed by atoms with van der Waals surface area (Å²) >= 11 is 6.19. The Morgan fingerprint density at radius 2 is 2.28 bits per heavy atom. The van der Waals surface area contributed by atoms with Crippen molar-refractivity contribution in [3.05, 3.63) is 41.4 Å². The molecular weight excluding hydrogens is 338 g/mol. The van der Waals surface area contributed by atoms with Crippen molar-refractivity contribution in [3.8, 4) is 11.3 Å². The Labute approximate surface area is 153 Å². The van der Waals surface area contributed by atoms with E-state index in [0.717, 1.165) is 38.0 Å². The standard InChI is InChI=1S/C19H24ClN3O2/c1-2-11-23(14-9-10-21-12-14)19(24)8-7-18-22-13-17(25-18)15-5-3-4-6-16(15)20/h3-6,13-14,21H,2,7-12H2,1H3. The molecule has 25 heavy (non-hydrogen) atoms. The van der Waals surface area contributed by atoms with Crippen LogP contribution >= 0.6 is 11.6 Å². The fourth-order valence-corrected chi connectivity index (χ4v) is 3.45. The van der Waals surface area contributed by atoms with Gasteiger partial charge in [-0.2, -0.15) is 0 Å². The van der Waals surface area contributed by atoms with Crippen molar-refractivity contribution in [2.75, 3.05) is 19.6 Å². The van der Waals surface area contributed by atoms with Gasteiger partial charge in [0.1, 0.15) is 0 Å². The number of oxazole rings is 1. The molecule has 0 spiro atoms.